The van der Waals surface area contributed by atoms with Crippen LogP contribution in [-0.2, 0) is 17.6 Å². The summed E-state index contributed by atoms with van der Waals surface area (Å²) < 4.78 is 13.9. The molecule has 0 atom stereocenters. The molecule has 0 unspecified atom stereocenters. The molecule has 0 amide bonds. The van der Waals surface area contributed by atoms with Gasteiger partial charge < -0.3 is 0 Å². The maximum atomic E-state index is 13.2. The van der Waals surface area contributed by atoms with Crippen LogP contribution in [0.2, 0.25) is 0 Å². The van der Waals surface area contributed by atoms with Gasteiger partial charge in [0.05, 0.1) is 0 Å². The molecule has 0 aliphatic rings. The van der Waals surface area contributed by atoms with Crippen molar-refractivity contribution in [2.24, 2.45) is 0 Å². The highest BCUT2D eigenvalue weighted by Crippen LogP contribution is 2.16. The van der Waals surface area contributed by atoms with Gasteiger partial charge in [0.1, 0.15) is 11.6 Å². The third-order valence-electron chi connectivity index (χ3n) is 2.85. The molecule has 19 heavy (non-hydrogen) atoms. The van der Waals surface area contributed by atoms with Crippen molar-refractivity contribution in [3.8, 4) is 0 Å². The highest BCUT2D eigenvalue weighted by atomic mass is 79.9. The second-order valence-electron chi connectivity index (χ2n) is 4.66. The van der Waals surface area contributed by atoms with Crippen molar-refractivity contribution < 1.29 is 9.18 Å². The van der Waals surface area contributed by atoms with Crippen LogP contribution in [0.25, 0.3) is 0 Å². The topological polar surface area (TPSA) is 17.1 Å². The van der Waals surface area contributed by atoms with Crippen molar-refractivity contribution in [2.45, 2.75) is 19.8 Å². The standard InChI is InChI=1S/C16H14BrFO/c1-11-2-4-12(5-3-11)8-16(19)9-13-6-14(17)10-15(18)7-13/h2-7,10H,8-9H2,1H3. The molecule has 1 nitrogen and oxygen atoms in total. The van der Waals surface area contributed by atoms with Gasteiger partial charge in [-0.1, -0.05) is 45.8 Å². The average molecular weight is 321 g/mol. The van der Waals surface area contributed by atoms with E-state index in [-0.39, 0.29) is 18.0 Å². The van der Waals surface area contributed by atoms with Crippen LogP contribution in [0.5, 0.6) is 0 Å². The van der Waals surface area contributed by atoms with Gasteiger partial charge in [-0.2, -0.15) is 0 Å². The highest BCUT2D eigenvalue weighted by Gasteiger charge is 2.07. The molecule has 98 valence electrons. The number of ketones is 1. The van der Waals surface area contributed by atoms with E-state index < -0.39 is 0 Å². The predicted molar refractivity (Wildman–Crippen MR) is 77.7 cm³/mol. The van der Waals surface area contributed by atoms with Crippen molar-refractivity contribution in [3.05, 3.63) is 69.4 Å². The molecular weight excluding hydrogens is 307 g/mol. The number of carbonyl (C=O) groups excluding carboxylic acids is 1. The van der Waals surface area contributed by atoms with E-state index in [1.807, 2.05) is 31.2 Å². The molecule has 0 aromatic heterocycles. The van der Waals surface area contributed by atoms with Crippen LogP contribution in [0.15, 0.2) is 46.9 Å². The van der Waals surface area contributed by atoms with E-state index in [0.29, 0.717) is 16.5 Å². The third-order valence-corrected chi connectivity index (χ3v) is 3.30. The van der Waals surface area contributed by atoms with Gasteiger partial charge in [0.15, 0.2) is 0 Å². The third kappa shape index (κ3) is 4.28. The number of aryl methyl sites for hydroxylation is 1. The molecule has 0 aliphatic carbocycles. The summed E-state index contributed by atoms with van der Waals surface area (Å²) in [6, 6.07) is 12.4. The molecule has 2 rings (SSSR count). The lowest BCUT2D eigenvalue weighted by atomic mass is 10.0. The van der Waals surface area contributed by atoms with Crippen LogP contribution in [0.1, 0.15) is 16.7 Å². The summed E-state index contributed by atoms with van der Waals surface area (Å²) >= 11 is 3.23. The van der Waals surface area contributed by atoms with Gasteiger partial charge in [-0.05, 0) is 36.2 Å². The Balaban J connectivity index is 2.03. The average Bonchev–Trinajstić information content (AvgIpc) is 2.30. The van der Waals surface area contributed by atoms with Crippen LogP contribution in [-0.4, -0.2) is 5.78 Å². The first-order valence-electron chi connectivity index (χ1n) is 6.05. The van der Waals surface area contributed by atoms with E-state index in [1.54, 1.807) is 6.07 Å². The summed E-state index contributed by atoms with van der Waals surface area (Å²) in [5, 5.41) is 0. The van der Waals surface area contributed by atoms with Crippen molar-refractivity contribution in [1.29, 1.82) is 0 Å². The number of carbonyl (C=O) groups is 1. The molecule has 0 aliphatic heterocycles. The molecule has 0 fully saturated rings. The van der Waals surface area contributed by atoms with E-state index in [0.717, 1.165) is 5.56 Å². The zero-order valence-corrected chi connectivity index (χ0v) is 12.2. The predicted octanol–water partition coefficient (Wildman–Crippen LogP) is 4.25. The molecule has 0 radical (unpaired) electrons. The minimum absolute atomic E-state index is 0.0846. The molecule has 0 saturated heterocycles. The Morgan fingerprint density at radius 2 is 1.68 bits per heavy atom. The number of hydrogen-bond acceptors (Lipinski definition) is 1. The second kappa shape index (κ2) is 6.11. The second-order valence-corrected chi connectivity index (χ2v) is 5.57. The van der Waals surface area contributed by atoms with Gasteiger partial charge in [0.25, 0.3) is 0 Å². The minimum Gasteiger partial charge on any atom is -0.299 e. The number of benzene rings is 2. The maximum Gasteiger partial charge on any atom is 0.141 e. The van der Waals surface area contributed by atoms with Crippen molar-refractivity contribution in [2.75, 3.05) is 0 Å². The van der Waals surface area contributed by atoms with Crippen LogP contribution in [0.3, 0.4) is 0 Å². The Bertz CT molecular complexity index is 570. The van der Waals surface area contributed by atoms with E-state index in [9.17, 15) is 9.18 Å². The monoisotopic (exact) mass is 320 g/mol. The summed E-state index contributed by atoms with van der Waals surface area (Å²) in [7, 11) is 0. The van der Waals surface area contributed by atoms with Gasteiger partial charge in [-0.15, -0.1) is 0 Å². The Labute approximate surface area is 120 Å². The maximum absolute atomic E-state index is 13.2. The summed E-state index contributed by atoms with van der Waals surface area (Å²) in [6.07, 6.45) is 0.638. The van der Waals surface area contributed by atoms with Crippen LogP contribution in [0.4, 0.5) is 4.39 Å². The molecule has 2 aromatic carbocycles. The van der Waals surface area contributed by atoms with Crippen molar-refractivity contribution in [1.82, 2.24) is 0 Å². The van der Waals surface area contributed by atoms with Gasteiger partial charge in [-0.3, -0.25) is 4.79 Å². The molecule has 0 N–H and O–H groups in total. The minimum atomic E-state index is -0.326. The van der Waals surface area contributed by atoms with Crippen LogP contribution >= 0.6 is 15.9 Å². The van der Waals surface area contributed by atoms with E-state index >= 15 is 0 Å². The fourth-order valence-corrected chi connectivity index (χ4v) is 2.45. The van der Waals surface area contributed by atoms with Gasteiger partial charge in [0, 0.05) is 17.3 Å². The first kappa shape index (κ1) is 13.9. The Hall–Kier alpha value is -1.48. The Kier molecular flexibility index (Phi) is 4.48. The van der Waals surface area contributed by atoms with Crippen LogP contribution < -0.4 is 0 Å². The lowest BCUT2D eigenvalue weighted by Gasteiger charge is -2.04. The van der Waals surface area contributed by atoms with Gasteiger partial charge in [-0.25, -0.2) is 4.39 Å². The molecular formula is C16H14BrFO. The Morgan fingerprint density at radius 3 is 2.32 bits per heavy atom. The van der Waals surface area contributed by atoms with E-state index in [1.165, 1.54) is 17.7 Å². The SMILES string of the molecule is Cc1ccc(CC(=O)Cc2cc(F)cc(Br)c2)cc1. The van der Waals surface area contributed by atoms with E-state index in [4.69, 9.17) is 0 Å². The van der Waals surface area contributed by atoms with Crippen molar-refractivity contribution in [3.63, 3.8) is 0 Å². The first-order valence-corrected chi connectivity index (χ1v) is 6.84. The van der Waals surface area contributed by atoms with Gasteiger partial charge >= 0.3 is 0 Å². The van der Waals surface area contributed by atoms with Gasteiger partial charge in [0.2, 0.25) is 0 Å². The zero-order valence-electron chi connectivity index (χ0n) is 10.6. The summed E-state index contributed by atoms with van der Waals surface area (Å²) in [6.45, 7) is 2.01. The molecule has 3 heteroatoms. The number of Topliss-reactive ketones (excluding diaryl/α,β-unsaturated/α-hetero) is 1. The molecule has 0 spiro atoms. The fraction of sp³-hybridized carbons (Fsp3) is 0.188. The Morgan fingerprint density at radius 1 is 1.05 bits per heavy atom. The normalized spacial score (nSPS) is 10.5. The summed E-state index contributed by atoms with van der Waals surface area (Å²) in [4.78, 5) is 12.0. The first-order chi connectivity index (χ1) is 9.02. The molecule has 2 aromatic rings. The number of halogens is 2. The van der Waals surface area contributed by atoms with Crippen molar-refractivity contribution >= 4 is 21.7 Å². The number of rotatable bonds is 4. The lowest BCUT2D eigenvalue weighted by molar-refractivity contribution is -0.117. The molecule has 0 heterocycles. The fourth-order valence-electron chi connectivity index (χ4n) is 1.94. The van der Waals surface area contributed by atoms with E-state index in [2.05, 4.69) is 15.9 Å². The summed E-state index contributed by atoms with van der Waals surface area (Å²) in [5.74, 6) is -0.242. The lowest BCUT2D eigenvalue weighted by Crippen LogP contribution is -2.06. The summed E-state index contributed by atoms with van der Waals surface area (Å²) in [5.41, 5.74) is 2.86. The molecule has 0 bridgehead atoms. The number of hydrogen-bond donors (Lipinski definition) is 0. The smallest absolute Gasteiger partial charge is 0.141 e. The largest absolute Gasteiger partial charge is 0.299 e. The van der Waals surface area contributed by atoms with Crippen LogP contribution in [0, 0.1) is 12.7 Å². The highest BCUT2D eigenvalue weighted by molar-refractivity contribution is 9.10. The zero-order chi connectivity index (χ0) is 13.8. The quantitative estimate of drug-likeness (QED) is 0.823. The molecule has 0 saturated carbocycles.